The van der Waals surface area contributed by atoms with Crippen LogP contribution in [-0.4, -0.2) is 14.9 Å². The maximum Gasteiger partial charge on any atom is 0.138 e. The molecule has 1 aromatic carbocycles. The molecule has 0 atom stereocenters. The average molecular weight is 303 g/mol. The Labute approximate surface area is 127 Å². The van der Waals surface area contributed by atoms with E-state index in [9.17, 15) is 0 Å². The highest BCUT2D eigenvalue weighted by atomic mass is 35.5. The highest BCUT2D eigenvalue weighted by Gasteiger charge is 2.11. The van der Waals surface area contributed by atoms with E-state index in [1.807, 2.05) is 44.3 Å². The normalized spacial score (nSPS) is 10.8. The van der Waals surface area contributed by atoms with E-state index in [1.54, 1.807) is 10.9 Å². The Morgan fingerprint density at radius 2 is 2.19 bits per heavy atom. The molecule has 0 amide bonds. The minimum atomic E-state index is 0.621. The molecule has 0 bridgehead atoms. The Balaban J connectivity index is 1.90. The minimum Gasteiger partial charge on any atom is -0.379 e. The van der Waals surface area contributed by atoms with E-state index in [4.69, 9.17) is 16.1 Å². The zero-order valence-corrected chi connectivity index (χ0v) is 12.6. The molecule has 2 heterocycles. The Bertz CT molecular complexity index is 730. The lowest BCUT2D eigenvalue weighted by atomic mass is 10.2. The zero-order chi connectivity index (χ0) is 14.8. The van der Waals surface area contributed by atoms with Crippen LogP contribution in [-0.2, 0) is 6.54 Å². The van der Waals surface area contributed by atoms with Crippen molar-refractivity contribution in [3.8, 4) is 5.69 Å². The fraction of sp³-hybridized carbons (Fsp3) is 0.200. The maximum atomic E-state index is 6.10. The third kappa shape index (κ3) is 2.78. The molecule has 21 heavy (non-hydrogen) atoms. The molecular weight excluding hydrogens is 288 g/mol. The number of hydrogen-bond donors (Lipinski definition) is 1. The van der Waals surface area contributed by atoms with Crippen LogP contribution in [0.25, 0.3) is 5.69 Å². The van der Waals surface area contributed by atoms with E-state index in [0.29, 0.717) is 11.6 Å². The predicted octanol–water partition coefficient (Wildman–Crippen LogP) is 3.74. The molecule has 2 aromatic heterocycles. The molecule has 108 valence electrons. The summed E-state index contributed by atoms with van der Waals surface area (Å²) in [6.45, 7) is 4.46. The van der Waals surface area contributed by atoms with Crippen molar-refractivity contribution in [2.75, 3.05) is 5.32 Å². The van der Waals surface area contributed by atoms with Gasteiger partial charge >= 0.3 is 0 Å². The number of nitrogens with one attached hydrogen (secondary N) is 1. The number of aryl methyl sites for hydroxylation is 2. The molecule has 1 N–H and O–H groups in total. The summed E-state index contributed by atoms with van der Waals surface area (Å²) in [6, 6.07) is 7.55. The van der Waals surface area contributed by atoms with E-state index in [-0.39, 0.29) is 0 Å². The molecule has 6 heteroatoms. The molecule has 0 unspecified atom stereocenters. The van der Waals surface area contributed by atoms with Crippen molar-refractivity contribution < 1.29 is 4.52 Å². The van der Waals surface area contributed by atoms with Crippen molar-refractivity contribution >= 4 is 17.3 Å². The highest BCUT2D eigenvalue weighted by Crippen LogP contribution is 2.25. The molecule has 3 rings (SSSR count). The lowest BCUT2D eigenvalue weighted by molar-refractivity contribution is 0.392. The third-order valence-electron chi connectivity index (χ3n) is 3.35. The maximum absolute atomic E-state index is 6.10. The van der Waals surface area contributed by atoms with E-state index < -0.39 is 0 Å². The molecular formula is C15H15ClN4O. The Morgan fingerprint density at radius 3 is 2.86 bits per heavy atom. The van der Waals surface area contributed by atoms with E-state index in [1.165, 1.54) is 0 Å². The molecule has 0 saturated carbocycles. The first-order valence-corrected chi connectivity index (χ1v) is 6.98. The summed E-state index contributed by atoms with van der Waals surface area (Å²) in [5.74, 6) is 0.822. The van der Waals surface area contributed by atoms with Crippen molar-refractivity contribution in [1.82, 2.24) is 14.9 Å². The van der Waals surface area contributed by atoms with Gasteiger partial charge in [-0.15, -0.1) is 0 Å². The first-order valence-electron chi connectivity index (χ1n) is 6.60. The number of nitrogens with zero attached hydrogens (tertiary/aromatic N) is 3. The van der Waals surface area contributed by atoms with Gasteiger partial charge in [0.2, 0.25) is 0 Å². The summed E-state index contributed by atoms with van der Waals surface area (Å²) in [4.78, 5) is 0. The second kappa shape index (κ2) is 5.61. The van der Waals surface area contributed by atoms with Crippen LogP contribution in [0.4, 0.5) is 5.69 Å². The molecule has 0 aliphatic carbocycles. The molecule has 0 aliphatic heterocycles. The number of anilines is 1. The van der Waals surface area contributed by atoms with Crippen LogP contribution in [0.2, 0.25) is 5.02 Å². The number of rotatable bonds is 4. The summed E-state index contributed by atoms with van der Waals surface area (Å²) < 4.78 is 6.97. The van der Waals surface area contributed by atoms with Gasteiger partial charge in [0.15, 0.2) is 0 Å². The van der Waals surface area contributed by atoms with Crippen molar-refractivity contribution in [2.45, 2.75) is 20.4 Å². The lowest BCUT2D eigenvalue weighted by Crippen LogP contribution is -2.06. The van der Waals surface area contributed by atoms with Gasteiger partial charge < -0.3 is 9.84 Å². The van der Waals surface area contributed by atoms with Crippen molar-refractivity contribution in [2.24, 2.45) is 0 Å². The smallest absolute Gasteiger partial charge is 0.138 e. The van der Waals surface area contributed by atoms with Gasteiger partial charge in [-0.2, -0.15) is 5.10 Å². The first-order chi connectivity index (χ1) is 10.1. The summed E-state index contributed by atoms with van der Waals surface area (Å²) in [5, 5.41) is 12.3. The van der Waals surface area contributed by atoms with Crippen LogP contribution >= 0.6 is 11.6 Å². The highest BCUT2D eigenvalue weighted by molar-refractivity contribution is 6.31. The van der Waals surface area contributed by atoms with Gasteiger partial charge in [0, 0.05) is 29.5 Å². The Hall–Kier alpha value is -2.27. The quantitative estimate of drug-likeness (QED) is 0.797. The fourth-order valence-corrected chi connectivity index (χ4v) is 2.37. The van der Waals surface area contributed by atoms with E-state index in [2.05, 4.69) is 15.6 Å². The Kier molecular flexibility index (Phi) is 3.66. The summed E-state index contributed by atoms with van der Waals surface area (Å²) in [5.41, 5.74) is 3.80. The number of halogens is 1. The van der Waals surface area contributed by atoms with Crippen molar-refractivity contribution in [3.63, 3.8) is 0 Å². The van der Waals surface area contributed by atoms with Gasteiger partial charge in [0.25, 0.3) is 0 Å². The molecule has 0 spiro atoms. The fourth-order valence-electron chi connectivity index (χ4n) is 2.20. The monoisotopic (exact) mass is 302 g/mol. The van der Waals surface area contributed by atoms with Crippen LogP contribution in [0.3, 0.4) is 0 Å². The Morgan fingerprint density at radius 1 is 1.33 bits per heavy atom. The van der Waals surface area contributed by atoms with Crippen LogP contribution in [0.1, 0.15) is 17.0 Å². The van der Waals surface area contributed by atoms with Gasteiger partial charge in [-0.3, -0.25) is 0 Å². The van der Waals surface area contributed by atoms with E-state index in [0.717, 1.165) is 28.4 Å². The first kappa shape index (κ1) is 13.7. The van der Waals surface area contributed by atoms with Gasteiger partial charge in [-0.25, -0.2) is 4.68 Å². The summed E-state index contributed by atoms with van der Waals surface area (Å²) in [6.07, 6.45) is 3.64. The van der Waals surface area contributed by atoms with Crippen LogP contribution in [0.5, 0.6) is 0 Å². The minimum absolute atomic E-state index is 0.621. The lowest BCUT2D eigenvalue weighted by Gasteiger charge is -2.12. The second-order valence-electron chi connectivity index (χ2n) is 4.77. The standard InChI is InChI=1S/C15H15ClN4O/c1-10-13(11(2)21-19-10)9-17-14-8-12(16)4-5-15(14)20-7-3-6-18-20/h3-8,17H,9H2,1-2H3. The zero-order valence-electron chi connectivity index (χ0n) is 11.8. The molecule has 0 aliphatic rings. The van der Waals surface area contributed by atoms with Crippen LogP contribution in [0, 0.1) is 13.8 Å². The van der Waals surface area contributed by atoms with Gasteiger partial charge in [0.05, 0.1) is 17.1 Å². The van der Waals surface area contributed by atoms with E-state index >= 15 is 0 Å². The molecule has 0 saturated heterocycles. The van der Waals surface area contributed by atoms with Crippen molar-refractivity contribution in [3.05, 3.63) is 58.7 Å². The molecule has 0 radical (unpaired) electrons. The van der Waals surface area contributed by atoms with Gasteiger partial charge in [0.1, 0.15) is 5.76 Å². The number of benzene rings is 1. The van der Waals surface area contributed by atoms with Gasteiger partial charge in [-0.05, 0) is 38.1 Å². The van der Waals surface area contributed by atoms with Crippen LogP contribution in [0.15, 0.2) is 41.2 Å². The number of aromatic nitrogens is 3. The SMILES string of the molecule is Cc1noc(C)c1CNc1cc(Cl)ccc1-n1cccn1. The predicted molar refractivity (Wildman–Crippen MR) is 81.9 cm³/mol. The number of hydrogen-bond acceptors (Lipinski definition) is 4. The largest absolute Gasteiger partial charge is 0.379 e. The average Bonchev–Trinajstić information content (AvgIpc) is 3.08. The topological polar surface area (TPSA) is 55.9 Å². The molecule has 5 nitrogen and oxygen atoms in total. The second-order valence-corrected chi connectivity index (χ2v) is 5.20. The third-order valence-corrected chi connectivity index (χ3v) is 3.58. The van der Waals surface area contributed by atoms with Crippen LogP contribution < -0.4 is 5.32 Å². The summed E-state index contributed by atoms with van der Waals surface area (Å²) >= 11 is 6.10. The molecule has 3 aromatic rings. The van der Waals surface area contributed by atoms with Crippen molar-refractivity contribution in [1.29, 1.82) is 0 Å². The summed E-state index contributed by atoms with van der Waals surface area (Å²) in [7, 11) is 0. The molecule has 0 fully saturated rings. The van der Waals surface area contributed by atoms with Gasteiger partial charge in [-0.1, -0.05) is 16.8 Å².